The van der Waals surface area contributed by atoms with Crippen LogP contribution in [0.2, 0.25) is 0 Å². The number of fused-ring (bicyclic) bond motifs is 3. The Balaban J connectivity index is 1.23. The molecule has 1 heteroatoms. The summed E-state index contributed by atoms with van der Waals surface area (Å²) >= 11 is 0. The van der Waals surface area contributed by atoms with E-state index in [0.717, 1.165) is 0 Å². The number of benzene rings is 8. The molecule has 0 fully saturated rings. The molecule has 9 rings (SSSR count). The molecule has 0 unspecified atom stereocenters. The van der Waals surface area contributed by atoms with Gasteiger partial charge in [0.1, 0.15) is 0 Å². The molecule has 0 radical (unpaired) electrons. The van der Waals surface area contributed by atoms with Crippen LogP contribution in [-0.4, -0.2) is 4.57 Å². The zero-order valence-corrected chi connectivity index (χ0v) is 24.2. The van der Waals surface area contributed by atoms with E-state index in [1.165, 1.54) is 93.2 Å². The van der Waals surface area contributed by atoms with E-state index in [-0.39, 0.29) is 0 Å². The summed E-state index contributed by atoms with van der Waals surface area (Å²) < 4.78 is 2.41. The van der Waals surface area contributed by atoms with Crippen molar-refractivity contribution >= 4 is 54.1 Å². The Labute approximate surface area is 250 Å². The lowest BCUT2D eigenvalue weighted by Crippen LogP contribution is -1.94. The van der Waals surface area contributed by atoms with E-state index in [9.17, 15) is 0 Å². The Morgan fingerprint density at radius 1 is 0.395 bits per heavy atom. The van der Waals surface area contributed by atoms with Crippen molar-refractivity contribution in [1.82, 2.24) is 4.57 Å². The molecule has 0 bridgehead atoms. The topological polar surface area (TPSA) is 4.93 Å². The van der Waals surface area contributed by atoms with Gasteiger partial charge in [0.25, 0.3) is 0 Å². The molecule has 0 N–H and O–H groups in total. The van der Waals surface area contributed by atoms with Gasteiger partial charge in [-0.05, 0) is 105 Å². The second-order valence-corrected chi connectivity index (χ2v) is 11.9. The molecule has 1 heterocycles. The fourth-order valence-corrected chi connectivity index (χ4v) is 7.24. The zero-order chi connectivity index (χ0) is 28.7. The van der Waals surface area contributed by atoms with Crippen LogP contribution in [0.3, 0.4) is 0 Å². The maximum Gasteiger partial charge on any atom is 0.0541 e. The van der Waals surface area contributed by atoms with Crippen LogP contribution in [-0.2, 0) is 0 Å². The van der Waals surface area contributed by atoms with Crippen LogP contribution in [0.15, 0.2) is 140 Å². The summed E-state index contributed by atoms with van der Waals surface area (Å²) in [5, 5.41) is 10.5. The number of rotatable bonds is 3. The molecule has 1 nitrogen and oxygen atoms in total. The number of aryl methyl sites for hydroxylation is 2. The highest BCUT2D eigenvalue weighted by Gasteiger charge is 2.16. The fourth-order valence-electron chi connectivity index (χ4n) is 7.24. The molecule has 0 amide bonds. The third kappa shape index (κ3) is 3.58. The van der Waals surface area contributed by atoms with Crippen molar-refractivity contribution in [3.05, 3.63) is 151 Å². The number of nitrogens with zero attached hydrogens (tertiary/aromatic N) is 1. The Hall–Kier alpha value is -5.40. The summed E-state index contributed by atoms with van der Waals surface area (Å²) in [5.41, 5.74) is 11.3. The van der Waals surface area contributed by atoms with Gasteiger partial charge in [0.15, 0.2) is 0 Å². The number of hydrogen-bond donors (Lipinski definition) is 0. The lowest BCUT2D eigenvalue weighted by atomic mass is 9.87. The molecular weight excluding hydrogens is 518 g/mol. The van der Waals surface area contributed by atoms with Crippen molar-refractivity contribution in [3.63, 3.8) is 0 Å². The first-order valence-electron chi connectivity index (χ1n) is 15.0. The summed E-state index contributed by atoms with van der Waals surface area (Å²) in [7, 11) is 0. The maximum absolute atomic E-state index is 2.41. The van der Waals surface area contributed by atoms with E-state index >= 15 is 0 Å². The van der Waals surface area contributed by atoms with Crippen LogP contribution in [0.25, 0.3) is 82.1 Å². The number of hydrogen-bond acceptors (Lipinski definition) is 0. The largest absolute Gasteiger partial charge is 0.309 e. The summed E-state index contributed by atoms with van der Waals surface area (Å²) in [6.45, 7) is 4.35. The van der Waals surface area contributed by atoms with Crippen LogP contribution >= 0.6 is 0 Å². The van der Waals surface area contributed by atoms with Crippen molar-refractivity contribution in [3.8, 4) is 27.9 Å². The molecule has 0 aliphatic heterocycles. The second kappa shape index (κ2) is 9.05. The Bertz CT molecular complexity index is 2440. The molecule has 1 aromatic heterocycles. The minimum absolute atomic E-state index is 1.18. The van der Waals surface area contributed by atoms with Crippen LogP contribution in [0.4, 0.5) is 0 Å². The van der Waals surface area contributed by atoms with Crippen molar-refractivity contribution in [2.24, 2.45) is 0 Å². The van der Waals surface area contributed by atoms with Gasteiger partial charge in [-0.2, -0.15) is 0 Å². The second-order valence-electron chi connectivity index (χ2n) is 11.9. The molecule has 0 aliphatic carbocycles. The van der Waals surface area contributed by atoms with Gasteiger partial charge < -0.3 is 4.57 Å². The van der Waals surface area contributed by atoms with E-state index < -0.39 is 0 Å². The van der Waals surface area contributed by atoms with Gasteiger partial charge in [-0.3, -0.25) is 0 Å². The quantitative estimate of drug-likeness (QED) is 0.194. The highest BCUT2D eigenvalue weighted by Crippen LogP contribution is 2.42. The third-order valence-electron chi connectivity index (χ3n) is 9.26. The average Bonchev–Trinajstić information content (AvgIpc) is 3.36. The summed E-state index contributed by atoms with van der Waals surface area (Å²) in [6, 6.07) is 51.8. The molecule has 43 heavy (non-hydrogen) atoms. The Morgan fingerprint density at radius 2 is 0.884 bits per heavy atom. The molecule has 0 saturated heterocycles. The minimum Gasteiger partial charge on any atom is -0.309 e. The van der Waals surface area contributed by atoms with Gasteiger partial charge >= 0.3 is 0 Å². The molecule has 8 aromatic carbocycles. The van der Waals surface area contributed by atoms with E-state index in [4.69, 9.17) is 0 Å². The van der Waals surface area contributed by atoms with Gasteiger partial charge in [-0.1, -0.05) is 114 Å². The summed E-state index contributed by atoms with van der Waals surface area (Å²) in [5.74, 6) is 0. The third-order valence-corrected chi connectivity index (χ3v) is 9.26. The van der Waals surface area contributed by atoms with Crippen molar-refractivity contribution in [2.75, 3.05) is 0 Å². The Morgan fingerprint density at radius 3 is 1.42 bits per heavy atom. The van der Waals surface area contributed by atoms with Crippen LogP contribution in [0.1, 0.15) is 11.1 Å². The minimum atomic E-state index is 1.18. The van der Waals surface area contributed by atoms with Crippen LogP contribution in [0.5, 0.6) is 0 Å². The van der Waals surface area contributed by atoms with Gasteiger partial charge in [-0.25, -0.2) is 0 Å². The smallest absolute Gasteiger partial charge is 0.0541 e. The van der Waals surface area contributed by atoms with Crippen LogP contribution < -0.4 is 0 Å². The zero-order valence-electron chi connectivity index (χ0n) is 24.2. The van der Waals surface area contributed by atoms with Gasteiger partial charge in [0.2, 0.25) is 0 Å². The van der Waals surface area contributed by atoms with E-state index in [1.807, 2.05) is 0 Å². The van der Waals surface area contributed by atoms with Gasteiger partial charge in [0, 0.05) is 16.5 Å². The summed E-state index contributed by atoms with van der Waals surface area (Å²) in [6.07, 6.45) is 0. The van der Waals surface area contributed by atoms with Gasteiger partial charge in [-0.15, -0.1) is 0 Å². The first kappa shape index (κ1) is 24.2. The number of aromatic nitrogens is 1. The molecule has 202 valence electrons. The first-order valence-corrected chi connectivity index (χ1v) is 15.0. The van der Waals surface area contributed by atoms with Crippen molar-refractivity contribution in [2.45, 2.75) is 13.8 Å². The fraction of sp³-hybridized carbons (Fsp3) is 0.0476. The molecular formula is C42H29N. The molecule has 0 aliphatic rings. The van der Waals surface area contributed by atoms with Crippen LogP contribution in [0, 0.1) is 13.8 Å². The standard InChI is InChI=1S/C42H29N/c1-26-8-22-39-37(24-26)38-25-27(2)9-23-40(38)43(39)32-16-10-29(11-17-32)34-19-13-31-14-20-35-33(28-6-4-3-5-7-28)18-12-30-15-21-36(34)42(31)41(30)35/h3-25H,1-2H3. The monoisotopic (exact) mass is 547 g/mol. The molecule has 0 saturated carbocycles. The van der Waals surface area contributed by atoms with Crippen molar-refractivity contribution in [1.29, 1.82) is 0 Å². The lowest BCUT2D eigenvalue weighted by molar-refractivity contribution is 1.18. The van der Waals surface area contributed by atoms with E-state index in [2.05, 4.69) is 158 Å². The molecule has 0 atom stereocenters. The summed E-state index contributed by atoms with van der Waals surface area (Å²) in [4.78, 5) is 0. The molecule has 9 aromatic rings. The van der Waals surface area contributed by atoms with Gasteiger partial charge in [0.05, 0.1) is 11.0 Å². The highest BCUT2D eigenvalue weighted by atomic mass is 15.0. The maximum atomic E-state index is 2.41. The lowest BCUT2D eigenvalue weighted by Gasteiger charge is -2.17. The predicted molar refractivity (Wildman–Crippen MR) is 185 cm³/mol. The van der Waals surface area contributed by atoms with E-state index in [1.54, 1.807) is 0 Å². The van der Waals surface area contributed by atoms with Crippen molar-refractivity contribution < 1.29 is 0 Å². The average molecular weight is 548 g/mol. The first-order chi connectivity index (χ1) is 21.1. The predicted octanol–water partition coefficient (Wildman–Crippen LogP) is 11.6. The highest BCUT2D eigenvalue weighted by molar-refractivity contribution is 6.27. The molecule has 0 spiro atoms. The van der Waals surface area contributed by atoms with E-state index in [0.29, 0.717) is 0 Å². The normalized spacial score (nSPS) is 12.0. The Kier molecular flexibility index (Phi) is 5.10. The SMILES string of the molecule is Cc1ccc2c(c1)c1cc(C)ccc1n2-c1ccc(-c2ccc3ccc4c(-c5ccccc5)ccc5ccc2c3c54)cc1.